The number of aliphatic hydroxyl groups is 1. The van der Waals surface area contributed by atoms with Gasteiger partial charge in [-0.3, -0.25) is 9.69 Å². The third-order valence-corrected chi connectivity index (χ3v) is 2.74. The fourth-order valence-corrected chi connectivity index (χ4v) is 1.86. The second kappa shape index (κ2) is 7.24. The van der Waals surface area contributed by atoms with Crippen molar-refractivity contribution in [2.24, 2.45) is 0 Å². The molecule has 17 heavy (non-hydrogen) atoms. The Balaban J connectivity index is 2.45. The summed E-state index contributed by atoms with van der Waals surface area (Å²) >= 11 is 0. The summed E-state index contributed by atoms with van der Waals surface area (Å²) in [7, 11) is 0. The van der Waals surface area contributed by atoms with E-state index in [1.807, 2.05) is 0 Å². The van der Waals surface area contributed by atoms with Crippen LogP contribution < -0.4 is 0 Å². The van der Waals surface area contributed by atoms with Crippen LogP contribution in [0.25, 0.3) is 0 Å². The molecule has 98 valence electrons. The van der Waals surface area contributed by atoms with Crippen molar-refractivity contribution in [2.75, 3.05) is 45.9 Å². The van der Waals surface area contributed by atoms with Gasteiger partial charge in [0, 0.05) is 26.2 Å². The molecule has 6 heteroatoms. The van der Waals surface area contributed by atoms with E-state index in [0.29, 0.717) is 26.2 Å². The Morgan fingerprint density at radius 1 is 1.24 bits per heavy atom. The molecule has 1 rings (SSSR count). The van der Waals surface area contributed by atoms with Gasteiger partial charge in [-0.25, -0.2) is 4.79 Å². The van der Waals surface area contributed by atoms with E-state index in [1.54, 1.807) is 6.92 Å². The molecular weight excluding hydrogens is 224 g/mol. The fraction of sp³-hybridized carbons (Fsp3) is 0.818. The van der Waals surface area contributed by atoms with Crippen molar-refractivity contribution in [3.05, 3.63) is 0 Å². The van der Waals surface area contributed by atoms with E-state index in [4.69, 9.17) is 5.11 Å². The van der Waals surface area contributed by atoms with Crippen LogP contribution in [0.2, 0.25) is 0 Å². The van der Waals surface area contributed by atoms with Gasteiger partial charge in [-0.1, -0.05) is 0 Å². The molecule has 0 aliphatic carbocycles. The summed E-state index contributed by atoms with van der Waals surface area (Å²) in [4.78, 5) is 26.6. The maximum atomic E-state index is 11.7. The molecule has 6 nitrogen and oxygen atoms in total. The molecule has 1 heterocycles. The Bertz CT molecular complexity index is 270. The van der Waals surface area contributed by atoms with Crippen LogP contribution in [0.1, 0.15) is 13.3 Å². The second-order valence-corrected chi connectivity index (χ2v) is 3.93. The molecule has 1 fully saturated rings. The SMILES string of the molecule is CCOC(=O)C(=O)N1CCCN(CCO)CC1. The molecule has 0 aromatic rings. The van der Waals surface area contributed by atoms with Crippen LogP contribution in [-0.4, -0.2) is 72.7 Å². The van der Waals surface area contributed by atoms with Crippen molar-refractivity contribution in [3.8, 4) is 0 Å². The molecule has 0 bridgehead atoms. The van der Waals surface area contributed by atoms with E-state index in [1.165, 1.54) is 4.90 Å². The summed E-state index contributed by atoms with van der Waals surface area (Å²) in [5.41, 5.74) is 0. The zero-order chi connectivity index (χ0) is 12.7. The summed E-state index contributed by atoms with van der Waals surface area (Å²) in [5, 5.41) is 8.85. The quantitative estimate of drug-likeness (QED) is 0.513. The zero-order valence-electron chi connectivity index (χ0n) is 10.2. The average molecular weight is 244 g/mol. The molecule has 0 spiro atoms. The number of aliphatic hydroxyl groups excluding tert-OH is 1. The monoisotopic (exact) mass is 244 g/mol. The van der Waals surface area contributed by atoms with E-state index in [-0.39, 0.29) is 13.2 Å². The summed E-state index contributed by atoms with van der Waals surface area (Å²) < 4.78 is 4.69. The minimum Gasteiger partial charge on any atom is -0.459 e. The van der Waals surface area contributed by atoms with Gasteiger partial charge in [-0.05, 0) is 19.9 Å². The summed E-state index contributed by atoms with van der Waals surface area (Å²) in [5.74, 6) is -1.33. The van der Waals surface area contributed by atoms with Crippen LogP contribution in [0.4, 0.5) is 0 Å². The van der Waals surface area contributed by atoms with Gasteiger partial charge in [0.25, 0.3) is 0 Å². The van der Waals surface area contributed by atoms with E-state index in [2.05, 4.69) is 9.64 Å². The number of hydrogen-bond acceptors (Lipinski definition) is 5. The van der Waals surface area contributed by atoms with E-state index < -0.39 is 11.9 Å². The number of carbonyl (C=O) groups excluding carboxylic acids is 2. The number of ether oxygens (including phenoxy) is 1. The van der Waals surface area contributed by atoms with Gasteiger partial charge in [-0.15, -0.1) is 0 Å². The molecule has 1 N–H and O–H groups in total. The minimum atomic E-state index is -0.775. The molecule has 0 unspecified atom stereocenters. The predicted octanol–water partition coefficient (Wildman–Crippen LogP) is -0.924. The first kappa shape index (κ1) is 13.9. The molecule has 0 atom stereocenters. The highest BCUT2D eigenvalue weighted by atomic mass is 16.5. The van der Waals surface area contributed by atoms with Crippen LogP contribution in [0.15, 0.2) is 0 Å². The standard InChI is InChI=1S/C11H20N2O4/c1-2-17-11(16)10(15)13-5-3-4-12(6-7-13)8-9-14/h14H,2-9H2,1H3. The maximum absolute atomic E-state index is 11.7. The normalized spacial score (nSPS) is 17.6. The minimum absolute atomic E-state index is 0.117. The highest BCUT2D eigenvalue weighted by molar-refractivity contribution is 6.32. The van der Waals surface area contributed by atoms with Crippen LogP contribution in [-0.2, 0) is 14.3 Å². The third kappa shape index (κ3) is 4.32. The summed E-state index contributed by atoms with van der Waals surface area (Å²) in [6.07, 6.45) is 0.811. The van der Waals surface area contributed by atoms with E-state index in [0.717, 1.165) is 13.0 Å². The first-order valence-electron chi connectivity index (χ1n) is 5.98. The first-order valence-corrected chi connectivity index (χ1v) is 5.98. The van der Waals surface area contributed by atoms with Gasteiger partial charge < -0.3 is 14.7 Å². The Hall–Kier alpha value is -1.14. The first-order chi connectivity index (χ1) is 8.19. The average Bonchev–Trinajstić information content (AvgIpc) is 2.54. The number of hydrogen-bond donors (Lipinski definition) is 1. The van der Waals surface area contributed by atoms with E-state index >= 15 is 0 Å². The Kier molecular flexibility index (Phi) is 5.93. The topological polar surface area (TPSA) is 70.1 Å². The molecular formula is C11H20N2O4. The lowest BCUT2D eigenvalue weighted by Crippen LogP contribution is -2.40. The molecule has 0 radical (unpaired) electrons. The van der Waals surface area contributed by atoms with Crippen LogP contribution in [0.5, 0.6) is 0 Å². The zero-order valence-corrected chi connectivity index (χ0v) is 10.2. The Morgan fingerprint density at radius 2 is 2.00 bits per heavy atom. The van der Waals surface area contributed by atoms with Crippen molar-refractivity contribution in [1.29, 1.82) is 0 Å². The molecule has 0 aromatic heterocycles. The van der Waals surface area contributed by atoms with Crippen molar-refractivity contribution < 1.29 is 19.4 Å². The van der Waals surface area contributed by atoms with Gasteiger partial charge in [0.05, 0.1) is 13.2 Å². The molecule has 1 aliphatic rings. The van der Waals surface area contributed by atoms with Crippen molar-refractivity contribution in [1.82, 2.24) is 9.80 Å². The van der Waals surface area contributed by atoms with Gasteiger partial charge in [0.1, 0.15) is 0 Å². The number of carbonyl (C=O) groups is 2. The fourth-order valence-electron chi connectivity index (χ4n) is 1.86. The van der Waals surface area contributed by atoms with Crippen LogP contribution in [0, 0.1) is 0 Å². The van der Waals surface area contributed by atoms with Gasteiger partial charge in [0.15, 0.2) is 0 Å². The summed E-state index contributed by atoms with van der Waals surface area (Å²) in [6, 6.07) is 0. The van der Waals surface area contributed by atoms with Crippen LogP contribution >= 0.6 is 0 Å². The van der Waals surface area contributed by atoms with Crippen LogP contribution in [0.3, 0.4) is 0 Å². The molecule has 0 aromatic carbocycles. The highest BCUT2D eigenvalue weighted by Crippen LogP contribution is 2.03. The number of nitrogens with zero attached hydrogens (tertiary/aromatic N) is 2. The Morgan fingerprint density at radius 3 is 2.65 bits per heavy atom. The third-order valence-electron chi connectivity index (χ3n) is 2.74. The molecule has 1 aliphatic heterocycles. The lowest BCUT2D eigenvalue weighted by Gasteiger charge is -2.20. The van der Waals surface area contributed by atoms with Crippen molar-refractivity contribution in [3.63, 3.8) is 0 Å². The van der Waals surface area contributed by atoms with Gasteiger partial charge >= 0.3 is 11.9 Å². The highest BCUT2D eigenvalue weighted by Gasteiger charge is 2.25. The number of rotatable bonds is 3. The second-order valence-electron chi connectivity index (χ2n) is 3.93. The molecule has 0 saturated carbocycles. The Labute approximate surface area is 101 Å². The van der Waals surface area contributed by atoms with Gasteiger partial charge in [-0.2, -0.15) is 0 Å². The number of esters is 1. The predicted molar refractivity (Wildman–Crippen MR) is 61.4 cm³/mol. The number of amides is 1. The lowest BCUT2D eigenvalue weighted by molar-refractivity contribution is -0.159. The van der Waals surface area contributed by atoms with Crippen molar-refractivity contribution >= 4 is 11.9 Å². The number of β-amino-alcohol motifs (C(OH)–C–C–N with tert-alkyl or cyclic N) is 1. The summed E-state index contributed by atoms with van der Waals surface area (Å²) in [6.45, 7) is 5.23. The molecule has 1 saturated heterocycles. The van der Waals surface area contributed by atoms with E-state index in [9.17, 15) is 9.59 Å². The van der Waals surface area contributed by atoms with Gasteiger partial charge in [0.2, 0.25) is 0 Å². The molecule has 1 amide bonds. The van der Waals surface area contributed by atoms with Crippen molar-refractivity contribution in [2.45, 2.75) is 13.3 Å². The smallest absolute Gasteiger partial charge is 0.397 e. The lowest BCUT2D eigenvalue weighted by atomic mass is 10.3. The largest absolute Gasteiger partial charge is 0.459 e. The maximum Gasteiger partial charge on any atom is 0.397 e.